The van der Waals surface area contributed by atoms with Crippen LogP contribution in [-0.2, 0) is 0 Å². The van der Waals surface area contributed by atoms with Crippen LogP contribution in [0.2, 0.25) is 0 Å². The van der Waals surface area contributed by atoms with Crippen molar-refractivity contribution in [1.82, 2.24) is 14.8 Å². The first kappa shape index (κ1) is 15.0. The van der Waals surface area contributed by atoms with Crippen LogP contribution in [-0.4, -0.2) is 33.8 Å². The Morgan fingerprint density at radius 2 is 2.30 bits per heavy atom. The average Bonchev–Trinajstić information content (AvgIpc) is 3.05. The molecule has 0 spiro atoms. The number of amides is 1. The van der Waals surface area contributed by atoms with E-state index in [0.717, 1.165) is 19.4 Å². The van der Waals surface area contributed by atoms with Crippen LogP contribution in [0.25, 0.3) is 0 Å². The van der Waals surface area contributed by atoms with Gasteiger partial charge in [-0.25, -0.2) is 14.1 Å². The number of carbonyl (C=O) groups excluding carboxylic acids is 1. The number of aromatic nitrogens is 3. The quantitative estimate of drug-likeness (QED) is 0.918. The van der Waals surface area contributed by atoms with E-state index in [-0.39, 0.29) is 17.4 Å². The molecule has 1 aromatic heterocycles. The van der Waals surface area contributed by atoms with E-state index in [0.29, 0.717) is 12.2 Å². The van der Waals surface area contributed by atoms with Gasteiger partial charge < -0.3 is 10.6 Å². The predicted octanol–water partition coefficient (Wildman–Crippen LogP) is 1.23. The molecule has 0 aliphatic carbocycles. The van der Waals surface area contributed by atoms with Crippen molar-refractivity contribution >= 4 is 11.6 Å². The first-order chi connectivity index (χ1) is 11.1. The van der Waals surface area contributed by atoms with Crippen LogP contribution in [0.3, 0.4) is 0 Å². The van der Waals surface area contributed by atoms with Crippen molar-refractivity contribution in [1.29, 1.82) is 5.26 Å². The maximum atomic E-state index is 13.8. The lowest BCUT2D eigenvalue weighted by Gasteiger charge is -2.34. The molecule has 0 radical (unpaired) electrons. The minimum absolute atomic E-state index is 0.0147. The molecular formula is C15H15FN6O. The third-order valence-electron chi connectivity index (χ3n) is 3.94. The van der Waals surface area contributed by atoms with Crippen LogP contribution in [0.1, 0.15) is 35.1 Å². The van der Waals surface area contributed by atoms with E-state index in [1.807, 2.05) is 11.0 Å². The molecule has 2 heterocycles. The van der Waals surface area contributed by atoms with Gasteiger partial charge in [0.2, 0.25) is 5.82 Å². The highest BCUT2D eigenvalue weighted by Gasteiger charge is 2.25. The molecule has 1 aliphatic heterocycles. The molecule has 1 saturated heterocycles. The lowest BCUT2D eigenvalue weighted by molar-refractivity contribution is 0.0990. The normalized spacial score (nSPS) is 17.7. The average molecular weight is 314 g/mol. The van der Waals surface area contributed by atoms with Gasteiger partial charge in [0.25, 0.3) is 5.91 Å². The van der Waals surface area contributed by atoms with Crippen LogP contribution in [0, 0.1) is 17.1 Å². The fourth-order valence-electron chi connectivity index (χ4n) is 2.84. The minimum atomic E-state index is -0.673. The number of hydrogen-bond donors (Lipinski definition) is 1. The molecule has 0 bridgehead atoms. The van der Waals surface area contributed by atoms with Gasteiger partial charge in [0.15, 0.2) is 0 Å². The molecule has 2 N–H and O–H groups in total. The van der Waals surface area contributed by atoms with E-state index < -0.39 is 11.7 Å². The summed E-state index contributed by atoms with van der Waals surface area (Å²) >= 11 is 0. The smallest absolute Gasteiger partial charge is 0.288 e. The largest absolute Gasteiger partial charge is 0.368 e. The summed E-state index contributed by atoms with van der Waals surface area (Å²) in [6.45, 7) is 1.28. The molecule has 1 amide bonds. The molecular weight excluding hydrogens is 299 g/mol. The maximum Gasteiger partial charge on any atom is 0.288 e. The number of anilines is 1. The Kier molecular flexibility index (Phi) is 3.93. The summed E-state index contributed by atoms with van der Waals surface area (Å²) in [7, 11) is 0. The van der Waals surface area contributed by atoms with Gasteiger partial charge in [-0.05, 0) is 25.0 Å². The molecule has 23 heavy (non-hydrogen) atoms. The van der Waals surface area contributed by atoms with Crippen molar-refractivity contribution in [2.45, 2.75) is 18.9 Å². The second-order valence-corrected chi connectivity index (χ2v) is 5.40. The van der Waals surface area contributed by atoms with Crippen LogP contribution in [0.15, 0.2) is 24.5 Å². The van der Waals surface area contributed by atoms with Crippen LogP contribution < -0.4 is 10.6 Å². The molecule has 1 aliphatic rings. The van der Waals surface area contributed by atoms with Gasteiger partial charge in [-0.1, -0.05) is 6.07 Å². The standard InChI is InChI=1S/C15H15FN6O/c16-12-4-1-5-13(11(12)7-17)21-6-2-3-10(8-21)22-9-19-15(20-22)14(18)23/h1,4-5,9-10H,2-3,6,8H2,(H2,18,23)/t10-/m1/s1. The molecule has 118 valence electrons. The van der Waals surface area contributed by atoms with Gasteiger partial charge in [-0.2, -0.15) is 5.26 Å². The third-order valence-corrected chi connectivity index (χ3v) is 3.94. The SMILES string of the molecule is N#Cc1c(F)cccc1N1CCC[C@@H](n2cnc(C(N)=O)n2)C1. The number of nitrogens with zero attached hydrogens (tertiary/aromatic N) is 5. The fourth-order valence-corrected chi connectivity index (χ4v) is 2.84. The fraction of sp³-hybridized carbons (Fsp3) is 0.333. The zero-order valence-electron chi connectivity index (χ0n) is 12.3. The van der Waals surface area contributed by atoms with Gasteiger partial charge in [0.05, 0.1) is 11.7 Å². The van der Waals surface area contributed by atoms with Gasteiger partial charge >= 0.3 is 0 Å². The first-order valence-electron chi connectivity index (χ1n) is 7.24. The summed E-state index contributed by atoms with van der Waals surface area (Å²) in [6.07, 6.45) is 3.19. The topological polar surface area (TPSA) is 101 Å². The Hall–Kier alpha value is -2.95. The van der Waals surface area contributed by atoms with Crippen molar-refractivity contribution in [2.24, 2.45) is 5.73 Å². The highest BCUT2D eigenvalue weighted by molar-refractivity contribution is 5.88. The molecule has 8 heteroatoms. The highest BCUT2D eigenvalue weighted by atomic mass is 19.1. The third kappa shape index (κ3) is 2.85. The van der Waals surface area contributed by atoms with Gasteiger partial charge in [-0.3, -0.25) is 4.79 Å². The zero-order valence-corrected chi connectivity index (χ0v) is 12.3. The molecule has 1 atom stereocenters. The summed E-state index contributed by atoms with van der Waals surface area (Å²) < 4.78 is 15.4. The second kappa shape index (κ2) is 6.04. The van der Waals surface area contributed by atoms with Crippen molar-refractivity contribution in [2.75, 3.05) is 18.0 Å². The number of hydrogen-bond acceptors (Lipinski definition) is 5. The maximum absolute atomic E-state index is 13.8. The van der Waals surface area contributed by atoms with Crippen molar-refractivity contribution in [3.8, 4) is 6.07 Å². The Balaban J connectivity index is 1.85. The number of rotatable bonds is 3. The van der Waals surface area contributed by atoms with Gasteiger partial charge in [0.1, 0.15) is 23.8 Å². The van der Waals surface area contributed by atoms with Gasteiger partial charge in [-0.15, -0.1) is 5.10 Å². The number of carbonyl (C=O) groups is 1. The van der Waals surface area contributed by atoms with Crippen molar-refractivity contribution < 1.29 is 9.18 Å². The minimum Gasteiger partial charge on any atom is -0.368 e. The van der Waals surface area contributed by atoms with E-state index in [1.165, 1.54) is 12.4 Å². The molecule has 0 unspecified atom stereocenters. The van der Waals surface area contributed by atoms with E-state index >= 15 is 0 Å². The number of nitriles is 1. The summed E-state index contributed by atoms with van der Waals surface area (Å²) in [4.78, 5) is 16.9. The lowest BCUT2D eigenvalue weighted by Crippen LogP contribution is -2.37. The Bertz CT molecular complexity index is 781. The number of nitrogens with two attached hydrogens (primary N) is 1. The van der Waals surface area contributed by atoms with Crippen LogP contribution >= 0.6 is 0 Å². The first-order valence-corrected chi connectivity index (χ1v) is 7.24. The monoisotopic (exact) mass is 314 g/mol. The Morgan fingerprint density at radius 3 is 3.00 bits per heavy atom. The summed E-state index contributed by atoms with van der Waals surface area (Å²) in [5, 5.41) is 13.3. The molecule has 3 rings (SSSR count). The summed E-state index contributed by atoms with van der Waals surface area (Å²) in [5.41, 5.74) is 5.79. The van der Waals surface area contributed by atoms with Crippen molar-refractivity contribution in [3.63, 3.8) is 0 Å². The van der Waals surface area contributed by atoms with E-state index in [4.69, 9.17) is 5.73 Å². The zero-order chi connectivity index (χ0) is 16.4. The van der Waals surface area contributed by atoms with E-state index in [1.54, 1.807) is 16.8 Å². The predicted molar refractivity (Wildman–Crippen MR) is 80.1 cm³/mol. The summed E-state index contributed by atoms with van der Waals surface area (Å²) in [6, 6.07) is 6.51. The van der Waals surface area contributed by atoms with E-state index in [9.17, 15) is 14.4 Å². The molecule has 0 saturated carbocycles. The van der Waals surface area contributed by atoms with Crippen molar-refractivity contribution in [3.05, 3.63) is 41.7 Å². The number of primary amides is 1. The van der Waals surface area contributed by atoms with Crippen LogP contribution in [0.4, 0.5) is 10.1 Å². The lowest BCUT2D eigenvalue weighted by atomic mass is 10.0. The number of benzene rings is 1. The molecule has 2 aromatic rings. The molecule has 7 nitrogen and oxygen atoms in total. The number of piperidine rings is 1. The summed E-state index contributed by atoms with van der Waals surface area (Å²) in [5.74, 6) is -1.22. The Morgan fingerprint density at radius 1 is 1.48 bits per heavy atom. The number of halogens is 1. The second-order valence-electron chi connectivity index (χ2n) is 5.40. The molecule has 1 aromatic carbocycles. The molecule has 1 fully saturated rings. The Labute approximate surface area is 132 Å². The van der Waals surface area contributed by atoms with Gasteiger partial charge in [0, 0.05) is 13.1 Å². The van der Waals surface area contributed by atoms with E-state index in [2.05, 4.69) is 10.1 Å². The highest BCUT2D eigenvalue weighted by Crippen LogP contribution is 2.29. The van der Waals surface area contributed by atoms with Crippen LogP contribution in [0.5, 0.6) is 0 Å².